The van der Waals surface area contributed by atoms with Crippen LogP contribution >= 0.6 is 0 Å². The summed E-state index contributed by atoms with van der Waals surface area (Å²) in [6, 6.07) is 4.45. The van der Waals surface area contributed by atoms with Crippen LogP contribution in [0.1, 0.15) is 10.4 Å². The highest BCUT2D eigenvalue weighted by Gasteiger charge is 2.28. The van der Waals surface area contributed by atoms with E-state index in [9.17, 15) is 9.90 Å². The van der Waals surface area contributed by atoms with Crippen molar-refractivity contribution in [2.45, 2.75) is 6.10 Å². The zero-order valence-electron chi connectivity index (χ0n) is 11.5. The predicted molar refractivity (Wildman–Crippen MR) is 73.7 cm³/mol. The number of carbonyl (C=O) groups is 1. The van der Waals surface area contributed by atoms with E-state index < -0.39 is 6.10 Å². The van der Waals surface area contributed by atoms with E-state index in [-0.39, 0.29) is 36.2 Å². The summed E-state index contributed by atoms with van der Waals surface area (Å²) in [4.78, 5) is 13.9. The van der Waals surface area contributed by atoms with Crippen molar-refractivity contribution in [2.24, 2.45) is 10.9 Å². The number of phenolic OH excluding ortho intramolecular Hbond substituents is 1. The van der Waals surface area contributed by atoms with Gasteiger partial charge >= 0.3 is 0 Å². The zero-order chi connectivity index (χ0) is 15.4. The predicted octanol–water partition coefficient (Wildman–Crippen LogP) is -0.0118. The summed E-state index contributed by atoms with van der Waals surface area (Å²) in [5.74, 6) is -0.146. The Morgan fingerprint density at radius 1 is 1.57 bits per heavy atom. The largest absolute Gasteiger partial charge is 0.507 e. The number of ether oxygens (including phenoxy) is 2. The second-order valence-corrected chi connectivity index (χ2v) is 4.52. The molecule has 0 aliphatic carbocycles. The number of phenols is 1. The molecule has 1 heterocycles. The first-order chi connectivity index (χ1) is 10.1. The number of nitrogens with two attached hydrogens (primary N) is 1. The first-order valence-corrected chi connectivity index (χ1v) is 6.32. The number of methoxy groups -OCH3 is 1. The normalized spacial score (nSPS) is 19.4. The highest BCUT2D eigenvalue weighted by atomic mass is 16.5. The van der Waals surface area contributed by atoms with Crippen LogP contribution in [0.4, 0.5) is 0 Å². The number of hydrogen-bond acceptors (Lipinski definition) is 6. The molecule has 0 spiro atoms. The third-order valence-corrected chi connectivity index (χ3v) is 3.23. The molecule has 2 rings (SSSR count). The van der Waals surface area contributed by atoms with Crippen molar-refractivity contribution in [3.8, 4) is 11.5 Å². The summed E-state index contributed by atoms with van der Waals surface area (Å²) in [5.41, 5.74) is 5.65. The summed E-state index contributed by atoms with van der Waals surface area (Å²) in [5, 5.41) is 21.4. The molecule has 0 saturated carbocycles. The van der Waals surface area contributed by atoms with Gasteiger partial charge in [0.25, 0.3) is 5.91 Å². The fraction of sp³-hybridized carbons (Fsp3) is 0.385. The van der Waals surface area contributed by atoms with E-state index in [1.165, 1.54) is 24.1 Å². The quantitative estimate of drug-likeness (QED) is 0.312. The molecule has 1 atom stereocenters. The minimum absolute atomic E-state index is 0.0912. The van der Waals surface area contributed by atoms with Crippen molar-refractivity contribution >= 4 is 11.7 Å². The smallest absolute Gasteiger partial charge is 0.257 e. The maximum absolute atomic E-state index is 12.4. The van der Waals surface area contributed by atoms with Gasteiger partial charge in [0.05, 0.1) is 25.8 Å². The minimum atomic E-state index is -0.659. The van der Waals surface area contributed by atoms with Gasteiger partial charge in [-0.05, 0) is 12.1 Å². The Bertz CT molecular complexity index is 561. The van der Waals surface area contributed by atoms with Gasteiger partial charge in [0, 0.05) is 12.6 Å². The van der Waals surface area contributed by atoms with Crippen molar-refractivity contribution in [1.82, 2.24) is 4.90 Å². The van der Waals surface area contributed by atoms with Crippen LogP contribution in [0.2, 0.25) is 0 Å². The van der Waals surface area contributed by atoms with Crippen molar-refractivity contribution in [3.63, 3.8) is 0 Å². The molecule has 1 fully saturated rings. The molecule has 8 nitrogen and oxygen atoms in total. The van der Waals surface area contributed by atoms with Gasteiger partial charge in [0.2, 0.25) is 0 Å². The van der Waals surface area contributed by atoms with Crippen LogP contribution in [0.25, 0.3) is 0 Å². The Labute approximate surface area is 121 Å². The summed E-state index contributed by atoms with van der Waals surface area (Å²) < 4.78 is 10.3. The van der Waals surface area contributed by atoms with Gasteiger partial charge in [-0.15, -0.1) is 0 Å². The first kappa shape index (κ1) is 14.9. The number of benzene rings is 1. The molecule has 1 aliphatic rings. The number of oxime groups is 1. The number of morpholine rings is 1. The Hall–Kier alpha value is -2.48. The maximum atomic E-state index is 12.4. The van der Waals surface area contributed by atoms with Crippen LogP contribution in [0.15, 0.2) is 23.4 Å². The second-order valence-electron chi connectivity index (χ2n) is 4.52. The fourth-order valence-electron chi connectivity index (χ4n) is 2.07. The van der Waals surface area contributed by atoms with Crippen molar-refractivity contribution < 1.29 is 24.6 Å². The summed E-state index contributed by atoms with van der Waals surface area (Å²) in [6.45, 7) is 0.781. The molecule has 1 aliphatic heterocycles. The van der Waals surface area contributed by atoms with E-state index in [2.05, 4.69) is 5.16 Å². The molecule has 0 bridgehead atoms. The third-order valence-electron chi connectivity index (χ3n) is 3.23. The van der Waals surface area contributed by atoms with Crippen LogP contribution in [-0.4, -0.2) is 59.9 Å². The van der Waals surface area contributed by atoms with Crippen LogP contribution in [-0.2, 0) is 4.74 Å². The van der Waals surface area contributed by atoms with Gasteiger partial charge in [-0.3, -0.25) is 4.79 Å². The molecule has 1 saturated heterocycles. The number of hydrogen-bond donors (Lipinski definition) is 3. The molecule has 4 N–H and O–H groups in total. The van der Waals surface area contributed by atoms with E-state index in [0.717, 1.165) is 0 Å². The van der Waals surface area contributed by atoms with Gasteiger partial charge in [-0.25, -0.2) is 0 Å². The number of amidine groups is 1. The van der Waals surface area contributed by atoms with Crippen molar-refractivity contribution in [3.05, 3.63) is 23.8 Å². The molecule has 8 heteroatoms. The number of amides is 1. The van der Waals surface area contributed by atoms with Gasteiger partial charge < -0.3 is 30.4 Å². The van der Waals surface area contributed by atoms with Crippen LogP contribution in [0.3, 0.4) is 0 Å². The number of aromatic hydroxyl groups is 1. The average Bonchev–Trinajstić information content (AvgIpc) is 2.53. The minimum Gasteiger partial charge on any atom is -0.507 e. The summed E-state index contributed by atoms with van der Waals surface area (Å²) in [6.07, 6.45) is -0.659. The van der Waals surface area contributed by atoms with Gasteiger partial charge in [0.15, 0.2) is 5.84 Å². The molecule has 0 aromatic heterocycles. The molecule has 21 heavy (non-hydrogen) atoms. The number of nitrogens with zero attached hydrogens (tertiary/aromatic N) is 2. The molecule has 114 valence electrons. The maximum Gasteiger partial charge on any atom is 0.257 e. The Kier molecular flexibility index (Phi) is 4.49. The number of carbonyl (C=O) groups excluding carboxylic acids is 1. The lowest BCUT2D eigenvalue weighted by Crippen LogP contribution is -2.50. The molecule has 0 radical (unpaired) electrons. The Morgan fingerprint density at radius 2 is 2.33 bits per heavy atom. The van der Waals surface area contributed by atoms with E-state index in [1.54, 1.807) is 6.07 Å². The Balaban J connectivity index is 2.16. The van der Waals surface area contributed by atoms with E-state index in [0.29, 0.717) is 12.3 Å². The van der Waals surface area contributed by atoms with E-state index in [1.807, 2.05) is 0 Å². The molecular weight excluding hydrogens is 278 g/mol. The molecule has 1 aromatic carbocycles. The SMILES string of the molecule is COc1ccc(C(=O)N2CCOC(C(N)=NO)C2)c(O)c1. The van der Waals surface area contributed by atoms with Crippen LogP contribution in [0, 0.1) is 0 Å². The first-order valence-electron chi connectivity index (χ1n) is 6.32. The van der Waals surface area contributed by atoms with E-state index in [4.69, 9.17) is 20.4 Å². The lowest BCUT2D eigenvalue weighted by Gasteiger charge is -2.32. The monoisotopic (exact) mass is 295 g/mol. The third kappa shape index (κ3) is 3.16. The highest BCUT2D eigenvalue weighted by molar-refractivity contribution is 5.97. The van der Waals surface area contributed by atoms with Crippen molar-refractivity contribution in [1.29, 1.82) is 0 Å². The molecule has 1 unspecified atom stereocenters. The molecular formula is C13H17N3O5. The Morgan fingerprint density at radius 3 is 2.95 bits per heavy atom. The standard InChI is InChI=1S/C13H17N3O5/c1-20-8-2-3-9(10(17)6-8)13(18)16-4-5-21-11(7-16)12(14)15-19/h2-3,6,11,17,19H,4-5,7H2,1H3,(H2,14,15). The zero-order valence-corrected chi connectivity index (χ0v) is 11.5. The lowest BCUT2D eigenvalue weighted by molar-refractivity contribution is 0.00662. The molecule has 1 amide bonds. The second kappa shape index (κ2) is 6.31. The van der Waals surface area contributed by atoms with Crippen molar-refractivity contribution in [2.75, 3.05) is 26.8 Å². The van der Waals surface area contributed by atoms with Gasteiger partial charge in [0.1, 0.15) is 17.6 Å². The summed E-state index contributed by atoms with van der Waals surface area (Å²) in [7, 11) is 1.47. The van der Waals surface area contributed by atoms with Gasteiger partial charge in [-0.2, -0.15) is 0 Å². The average molecular weight is 295 g/mol. The number of rotatable bonds is 3. The van der Waals surface area contributed by atoms with Crippen LogP contribution < -0.4 is 10.5 Å². The molecule has 1 aromatic rings. The highest BCUT2D eigenvalue weighted by Crippen LogP contribution is 2.25. The lowest BCUT2D eigenvalue weighted by atomic mass is 10.1. The summed E-state index contributed by atoms with van der Waals surface area (Å²) >= 11 is 0. The van der Waals surface area contributed by atoms with Gasteiger partial charge in [-0.1, -0.05) is 5.16 Å². The fourth-order valence-corrected chi connectivity index (χ4v) is 2.07. The van der Waals surface area contributed by atoms with E-state index >= 15 is 0 Å². The van der Waals surface area contributed by atoms with Crippen LogP contribution in [0.5, 0.6) is 11.5 Å². The topological polar surface area (TPSA) is 118 Å².